The van der Waals surface area contributed by atoms with E-state index in [1.165, 1.54) is 0 Å². The van der Waals surface area contributed by atoms with Gasteiger partial charge in [-0.1, -0.05) is 13.8 Å². The second kappa shape index (κ2) is 6.13. The van der Waals surface area contributed by atoms with Gasteiger partial charge in [-0.3, -0.25) is 0 Å². The van der Waals surface area contributed by atoms with E-state index in [0.717, 1.165) is 47.4 Å². The molecule has 108 valence electrons. The summed E-state index contributed by atoms with van der Waals surface area (Å²) in [7, 11) is 0. The lowest BCUT2D eigenvalue weighted by molar-refractivity contribution is 0.788. The summed E-state index contributed by atoms with van der Waals surface area (Å²) in [4.78, 5) is 17.8. The number of hydrogen-bond donors (Lipinski definition) is 0. The van der Waals surface area contributed by atoms with Gasteiger partial charge in [-0.15, -0.1) is 11.3 Å². The number of nitrogens with zero attached hydrogens (tertiary/aromatic N) is 5. The average molecular weight is 299 g/mol. The first-order chi connectivity index (χ1) is 10.3. The van der Waals surface area contributed by atoms with E-state index in [2.05, 4.69) is 36.8 Å². The Kier molecular flexibility index (Phi) is 4.06. The van der Waals surface area contributed by atoms with E-state index < -0.39 is 0 Å². The molecule has 0 bridgehead atoms. The monoisotopic (exact) mass is 299 g/mol. The van der Waals surface area contributed by atoms with Gasteiger partial charge in [-0.05, 0) is 12.5 Å². The molecule has 3 heterocycles. The van der Waals surface area contributed by atoms with Gasteiger partial charge in [0, 0.05) is 30.4 Å². The lowest BCUT2D eigenvalue weighted by Crippen LogP contribution is -2.03. The summed E-state index contributed by atoms with van der Waals surface area (Å²) in [5.41, 5.74) is 2.01. The average Bonchev–Trinajstić information content (AvgIpc) is 3.17. The third-order valence-corrected chi connectivity index (χ3v) is 4.12. The summed E-state index contributed by atoms with van der Waals surface area (Å²) in [5.74, 6) is 1.70. The Hall–Kier alpha value is -2.08. The first-order valence-electron chi connectivity index (χ1n) is 7.06. The maximum atomic E-state index is 4.61. The van der Waals surface area contributed by atoms with Crippen molar-refractivity contribution in [3.63, 3.8) is 0 Å². The lowest BCUT2D eigenvalue weighted by atomic mass is 10.3. The third-order valence-electron chi connectivity index (χ3n) is 3.23. The first-order valence-corrected chi connectivity index (χ1v) is 7.94. The zero-order valence-electron chi connectivity index (χ0n) is 12.2. The highest BCUT2D eigenvalue weighted by atomic mass is 32.1. The molecule has 0 aliphatic heterocycles. The lowest BCUT2D eigenvalue weighted by Gasteiger charge is -2.06. The predicted octanol–water partition coefficient (Wildman–Crippen LogP) is 2.97. The highest BCUT2D eigenvalue weighted by Gasteiger charge is 2.10. The summed E-state index contributed by atoms with van der Waals surface area (Å²) in [6.45, 7) is 4.90. The van der Waals surface area contributed by atoms with Crippen molar-refractivity contribution in [2.45, 2.75) is 33.2 Å². The van der Waals surface area contributed by atoms with Crippen molar-refractivity contribution in [2.75, 3.05) is 0 Å². The largest absolute Gasteiger partial charge is 0.323 e. The van der Waals surface area contributed by atoms with Crippen LogP contribution in [-0.4, -0.2) is 24.5 Å². The number of thiazole rings is 1. The summed E-state index contributed by atoms with van der Waals surface area (Å²) >= 11 is 1.69. The van der Waals surface area contributed by atoms with Crippen LogP contribution in [0.4, 0.5) is 0 Å². The molecule has 0 aliphatic carbocycles. The van der Waals surface area contributed by atoms with E-state index in [1.807, 2.05) is 19.2 Å². The first kappa shape index (κ1) is 13.9. The number of hydrogen-bond acceptors (Lipinski definition) is 5. The van der Waals surface area contributed by atoms with Gasteiger partial charge in [-0.2, -0.15) is 0 Å². The minimum atomic E-state index is 0.728. The zero-order chi connectivity index (χ0) is 14.7. The maximum Gasteiger partial charge on any atom is 0.159 e. The fourth-order valence-electron chi connectivity index (χ4n) is 2.09. The van der Waals surface area contributed by atoms with Crippen LogP contribution in [0.3, 0.4) is 0 Å². The van der Waals surface area contributed by atoms with Gasteiger partial charge in [0.15, 0.2) is 5.82 Å². The normalized spacial score (nSPS) is 11.0. The van der Waals surface area contributed by atoms with Crippen molar-refractivity contribution in [2.24, 2.45) is 0 Å². The molecular formula is C15H17N5S. The van der Waals surface area contributed by atoms with E-state index in [4.69, 9.17) is 0 Å². The number of aromatic nitrogens is 5. The van der Waals surface area contributed by atoms with Crippen molar-refractivity contribution in [1.29, 1.82) is 0 Å². The summed E-state index contributed by atoms with van der Waals surface area (Å²) in [6, 6.07) is 1.90. The van der Waals surface area contributed by atoms with E-state index in [1.54, 1.807) is 23.7 Å². The number of imidazole rings is 1. The van der Waals surface area contributed by atoms with Crippen LogP contribution in [0.15, 0.2) is 30.0 Å². The van der Waals surface area contributed by atoms with Gasteiger partial charge in [-0.25, -0.2) is 19.9 Å². The number of rotatable bonds is 5. The second-order valence-corrected chi connectivity index (χ2v) is 5.62. The van der Waals surface area contributed by atoms with Gasteiger partial charge in [0.05, 0.1) is 12.2 Å². The minimum Gasteiger partial charge on any atom is -0.323 e. The van der Waals surface area contributed by atoms with Crippen LogP contribution in [0.1, 0.15) is 30.4 Å². The van der Waals surface area contributed by atoms with Crippen LogP contribution in [0, 0.1) is 0 Å². The minimum absolute atomic E-state index is 0.728. The van der Waals surface area contributed by atoms with Gasteiger partial charge in [0.1, 0.15) is 16.5 Å². The third kappa shape index (κ3) is 3.00. The zero-order valence-corrected chi connectivity index (χ0v) is 13.0. The molecule has 0 aliphatic rings. The molecule has 0 saturated carbocycles. The molecule has 6 heteroatoms. The van der Waals surface area contributed by atoms with Crippen molar-refractivity contribution in [1.82, 2.24) is 24.5 Å². The van der Waals surface area contributed by atoms with Gasteiger partial charge >= 0.3 is 0 Å². The molecule has 0 radical (unpaired) electrons. The summed E-state index contributed by atoms with van der Waals surface area (Å²) in [6.07, 6.45) is 7.35. The van der Waals surface area contributed by atoms with Crippen LogP contribution >= 0.6 is 11.3 Å². The maximum absolute atomic E-state index is 4.61. The molecule has 21 heavy (non-hydrogen) atoms. The van der Waals surface area contributed by atoms with Crippen LogP contribution in [-0.2, 0) is 19.4 Å². The standard InChI is InChI=1S/C15H17N5S/c1-3-11-10-21-14(18-11)9-20-8-7-17-15(20)12-5-6-16-13(4-2)19-12/h5-8,10H,3-4,9H2,1-2H3. The van der Waals surface area contributed by atoms with Gasteiger partial charge in [0.2, 0.25) is 0 Å². The van der Waals surface area contributed by atoms with Crippen LogP contribution < -0.4 is 0 Å². The molecule has 3 rings (SSSR count). The predicted molar refractivity (Wildman–Crippen MR) is 83.2 cm³/mol. The van der Waals surface area contributed by atoms with Crippen LogP contribution in [0.2, 0.25) is 0 Å². The van der Waals surface area contributed by atoms with Crippen LogP contribution in [0.25, 0.3) is 11.5 Å². The van der Waals surface area contributed by atoms with E-state index in [9.17, 15) is 0 Å². The number of aryl methyl sites for hydroxylation is 2. The molecule has 3 aromatic heterocycles. The summed E-state index contributed by atoms with van der Waals surface area (Å²) in [5, 5.41) is 3.21. The van der Waals surface area contributed by atoms with Crippen molar-refractivity contribution in [3.8, 4) is 11.5 Å². The molecule has 0 atom stereocenters. The van der Waals surface area contributed by atoms with Crippen molar-refractivity contribution >= 4 is 11.3 Å². The molecule has 0 aromatic carbocycles. The molecule has 0 N–H and O–H groups in total. The highest BCUT2D eigenvalue weighted by Crippen LogP contribution is 2.18. The van der Waals surface area contributed by atoms with Crippen molar-refractivity contribution < 1.29 is 0 Å². The van der Waals surface area contributed by atoms with Gasteiger partial charge in [0.25, 0.3) is 0 Å². The molecule has 5 nitrogen and oxygen atoms in total. The Labute approximate surface area is 127 Å². The SMILES string of the molecule is CCc1csc(Cn2ccnc2-c2ccnc(CC)n2)n1. The smallest absolute Gasteiger partial charge is 0.159 e. The van der Waals surface area contributed by atoms with E-state index >= 15 is 0 Å². The Morgan fingerprint density at radius 2 is 2.00 bits per heavy atom. The molecule has 0 unspecified atom stereocenters. The van der Waals surface area contributed by atoms with Crippen molar-refractivity contribution in [3.05, 3.63) is 46.6 Å². The van der Waals surface area contributed by atoms with Crippen LogP contribution in [0.5, 0.6) is 0 Å². The quantitative estimate of drug-likeness (QED) is 0.727. The molecular weight excluding hydrogens is 282 g/mol. The Bertz CT molecular complexity index is 731. The second-order valence-electron chi connectivity index (χ2n) is 4.68. The Morgan fingerprint density at radius 1 is 1.10 bits per heavy atom. The fourth-order valence-corrected chi connectivity index (χ4v) is 2.97. The molecule has 0 spiro atoms. The summed E-state index contributed by atoms with van der Waals surface area (Å²) < 4.78 is 2.08. The molecule has 3 aromatic rings. The molecule has 0 saturated heterocycles. The van der Waals surface area contributed by atoms with E-state index in [-0.39, 0.29) is 0 Å². The topological polar surface area (TPSA) is 56.5 Å². The molecule has 0 amide bonds. The fraction of sp³-hybridized carbons (Fsp3) is 0.333. The Balaban J connectivity index is 1.89. The van der Waals surface area contributed by atoms with E-state index in [0.29, 0.717) is 0 Å². The van der Waals surface area contributed by atoms with Gasteiger partial charge < -0.3 is 4.57 Å². The Morgan fingerprint density at radius 3 is 2.76 bits per heavy atom. The highest BCUT2D eigenvalue weighted by molar-refractivity contribution is 7.09. The molecule has 0 fully saturated rings.